The first-order chi connectivity index (χ1) is 19.0. The van der Waals surface area contributed by atoms with Crippen LogP contribution < -0.4 is 14.8 Å². The van der Waals surface area contributed by atoms with Gasteiger partial charge in [0.15, 0.2) is 6.61 Å². The molecule has 1 N–H and O–H groups in total. The van der Waals surface area contributed by atoms with Crippen LogP contribution in [0.25, 0.3) is 0 Å². The lowest BCUT2D eigenvalue weighted by Crippen LogP contribution is -2.51. The fourth-order valence-corrected chi connectivity index (χ4v) is 4.27. The second kappa shape index (κ2) is 14.0. The van der Waals surface area contributed by atoms with E-state index in [4.69, 9.17) is 21.1 Å². The van der Waals surface area contributed by atoms with Gasteiger partial charge in [0.2, 0.25) is 5.91 Å². The molecule has 0 spiro atoms. The van der Waals surface area contributed by atoms with Crippen molar-refractivity contribution in [1.29, 1.82) is 0 Å². The van der Waals surface area contributed by atoms with Gasteiger partial charge >= 0.3 is 0 Å². The molecule has 0 saturated heterocycles. The number of nitrogens with one attached hydrogen (secondary N) is 1. The minimum Gasteiger partial charge on any atom is -0.497 e. The van der Waals surface area contributed by atoms with Crippen molar-refractivity contribution in [2.45, 2.75) is 25.6 Å². The fourth-order valence-electron chi connectivity index (χ4n) is 4.08. The van der Waals surface area contributed by atoms with Crippen LogP contribution in [0.15, 0.2) is 103 Å². The van der Waals surface area contributed by atoms with E-state index in [2.05, 4.69) is 10.3 Å². The minimum absolute atomic E-state index is 0.201. The molecule has 7 nitrogen and oxygen atoms in total. The topological polar surface area (TPSA) is 80.8 Å². The first-order valence-corrected chi connectivity index (χ1v) is 12.9. The number of amides is 2. The van der Waals surface area contributed by atoms with Crippen LogP contribution in [0.2, 0.25) is 5.02 Å². The summed E-state index contributed by atoms with van der Waals surface area (Å²) in [5, 5.41) is 3.39. The number of nitrogens with zero attached hydrogens (tertiary/aromatic N) is 2. The summed E-state index contributed by atoms with van der Waals surface area (Å²) >= 11 is 6.23. The van der Waals surface area contributed by atoms with Crippen molar-refractivity contribution in [2.75, 3.05) is 13.7 Å². The van der Waals surface area contributed by atoms with E-state index in [9.17, 15) is 9.59 Å². The van der Waals surface area contributed by atoms with Gasteiger partial charge in [-0.05, 0) is 47.0 Å². The normalized spacial score (nSPS) is 11.3. The van der Waals surface area contributed by atoms with E-state index in [1.165, 1.54) is 0 Å². The Hall–Kier alpha value is -4.36. The molecular formula is C31H30ClN3O4. The maximum absolute atomic E-state index is 13.7. The van der Waals surface area contributed by atoms with Crippen molar-refractivity contribution in [1.82, 2.24) is 15.2 Å². The molecule has 0 saturated carbocycles. The number of aromatic nitrogens is 1. The molecule has 0 aliphatic carbocycles. The molecule has 0 bridgehead atoms. The number of para-hydroxylation sites is 1. The van der Waals surface area contributed by atoms with E-state index < -0.39 is 6.04 Å². The molecule has 1 aromatic heterocycles. The van der Waals surface area contributed by atoms with Crippen molar-refractivity contribution in [3.63, 3.8) is 0 Å². The second-order valence-corrected chi connectivity index (χ2v) is 9.28. The third-order valence-electron chi connectivity index (χ3n) is 6.16. The molecule has 4 aromatic rings. The summed E-state index contributed by atoms with van der Waals surface area (Å²) in [6, 6.07) is 26.9. The lowest BCUT2D eigenvalue weighted by molar-refractivity contribution is -0.142. The van der Waals surface area contributed by atoms with E-state index in [0.29, 0.717) is 29.5 Å². The molecule has 2 amide bonds. The maximum atomic E-state index is 13.7. The Kier molecular flexibility index (Phi) is 9.92. The van der Waals surface area contributed by atoms with Crippen LogP contribution in [-0.4, -0.2) is 41.5 Å². The van der Waals surface area contributed by atoms with Crippen LogP contribution in [0.1, 0.15) is 16.7 Å². The number of hydrogen-bond acceptors (Lipinski definition) is 5. The smallest absolute Gasteiger partial charge is 0.261 e. The van der Waals surface area contributed by atoms with Gasteiger partial charge < -0.3 is 19.7 Å². The number of carbonyl (C=O) groups excluding carboxylic acids is 2. The maximum Gasteiger partial charge on any atom is 0.261 e. The molecule has 1 heterocycles. The van der Waals surface area contributed by atoms with Gasteiger partial charge in [0, 0.05) is 31.9 Å². The lowest BCUT2D eigenvalue weighted by Gasteiger charge is -2.31. The van der Waals surface area contributed by atoms with Gasteiger partial charge in [-0.2, -0.15) is 0 Å². The molecule has 3 aromatic carbocycles. The second-order valence-electron chi connectivity index (χ2n) is 8.87. The predicted octanol–water partition coefficient (Wildman–Crippen LogP) is 5.08. The van der Waals surface area contributed by atoms with Crippen molar-refractivity contribution in [3.05, 3.63) is 125 Å². The summed E-state index contributed by atoms with van der Waals surface area (Å²) < 4.78 is 11.1. The zero-order chi connectivity index (χ0) is 27.5. The van der Waals surface area contributed by atoms with Crippen molar-refractivity contribution in [2.24, 2.45) is 0 Å². The highest BCUT2D eigenvalue weighted by atomic mass is 35.5. The van der Waals surface area contributed by atoms with E-state index in [0.717, 1.165) is 16.7 Å². The molecule has 0 aliphatic heterocycles. The molecule has 0 radical (unpaired) electrons. The van der Waals surface area contributed by atoms with Gasteiger partial charge in [-0.25, -0.2) is 0 Å². The number of benzene rings is 3. The summed E-state index contributed by atoms with van der Waals surface area (Å²) in [7, 11) is 1.60. The number of halogens is 1. The van der Waals surface area contributed by atoms with Gasteiger partial charge in [-0.1, -0.05) is 72.3 Å². The number of pyridine rings is 1. The molecule has 0 unspecified atom stereocenters. The zero-order valence-electron chi connectivity index (χ0n) is 21.6. The zero-order valence-corrected chi connectivity index (χ0v) is 22.4. The van der Waals surface area contributed by atoms with Gasteiger partial charge in [0.1, 0.15) is 17.5 Å². The SMILES string of the molecule is COc1ccc(CN(C(=O)COc2ccccc2Cl)[C@@H](Cc2ccccc2)C(=O)NCc2cccnc2)cc1. The van der Waals surface area contributed by atoms with E-state index >= 15 is 0 Å². The summed E-state index contributed by atoms with van der Waals surface area (Å²) in [5.74, 6) is 0.483. The highest BCUT2D eigenvalue weighted by Gasteiger charge is 2.30. The molecule has 0 aliphatic rings. The summed E-state index contributed by atoms with van der Waals surface area (Å²) in [4.78, 5) is 33.1. The lowest BCUT2D eigenvalue weighted by atomic mass is 10.0. The van der Waals surface area contributed by atoms with Crippen LogP contribution in [-0.2, 0) is 29.1 Å². The Morgan fingerprint density at radius 3 is 2.31 bits per heavy atom. The number of ether oxygens (including phenoxy) is 2. The van der Waals surface area contributed by atoms with Gasteiger partial charge in [-0.3, -0.25) is 14.6 Å². The third-order valence-corrected chi connectivity index (χ3v) is 6.47. The van der Waals surface area contributed by atoms with Crippen LogP contribution >= 0.6 is 11.6 Å². The first kappa shape index (κ1) is 27.7. The molecule has 8 heteroatoms. The van der Waals surface area contributed by atoms with Crippen LogP contribution in [0.4, 0.5) is 0 Å². The average Bonchev–Trinajstić information content (AvgIpc) is 2.98. The molecule has 1 atom stereocenters. The van der Waals surface area contributed by atoms with Crippen molar-refractivity contribution < 1.29 is 19.1 Å². The van der Waals surface area contributed by atoms with E-state index in [-0.39, 0.29) is 25.0 Å². The molecule has 39 heavy (non-hydrogen) atoms. The largest absolute Gasteiger partial charge is 0.497 e. The highest BCUT2D eigenvalue weighted by molar-refractivity contribution is 6.32. The van der Waals surface area contributed by atoms with Crippen LogP contribution in [0, 0.1) is 0 Å². The monoisotopic (exact) mass is 543 g/mol. The highest BCUT2D eigenvalue weighted by Crippen LogP contribution is 2.24. The van der Waals surface area contributed by atoms with Gasteiger partial charge in [0.05, 0.1) is 12.1 Å². The van der Waals surface area contributed by atoms with E-state index in [1.807, 2.05) is 66.7 Å². The van der Waals surface area contributed by atoms with Gasteiger partial charge in [-0.15, -0.1) is 0 Å². The Labute approximate surface area is 233 Å². The Morgan fingerprint density at radius 1 is 0.897 bits per heavy atom. The molecule has 4 rings (SSSR count). The Bertz CT molecular complexity index is 1350. The van der Waals surface area contributed by atoms with Crippen LogP contribution in [0.5, 0.6) is 11.5 Å². The summed E-state index contributed by atoms with van der Waals surface area (Å²) in [5.41, 5.74) is 2.64. The standard InChI is InChI=1S/C31H30ClN3O4/c1-38-26-15-13-24(14-16-26)21-35(30(36)22-39-29-12-6-5-11-27(29)32)28(18-23-8-3-2-4-9-23)31(37)34-20-25-10-7-17-33-19-25/h2-17,19,28H,18,20-22H2,1H3,(H,34,37)/t28-/m0/s1. The summed E-state index contributed by atoms with van der Waals surface area (Å²) in [6.45, 7) is 0.215. The number of carbonyl (C=O) groups is 2. The summed E-state index contributed by atoms with van der Waals surface area (Å²) in [6.07, 6.45) is 3.70. The average molecular weight is 544 g/mol. The predicted molar refractivity (Wildman–Crippen MR) is 151 cm³/mol. The Morgan fingerprint density at radius 2 is 1.62 bits per heavy atom. The Balaban J connectivity index is 1.62. The third kappa shape index (κ3) is 8.06. The molecule has 0 fully saturated rings. The fraction of sp³-hybridized carbons (Fsp3) is 0.194. The molecule has 200 valence electrons. The number of rotatable bonds is 12. The number of methoxy groups -OCH3 is 1. The van der Waals surface area contributed by atoms with Crippen molar-refractivity contribution in [3.8, 4) is 11.5 Å². The molecular weight excluding hydrogens is 514 g/mol. The first-order valence-electron chi connectivity index (χ1n) is 12.5. The van der Waals surface area contributed by atoms with Crippen molar-refractivity contribution >= 4 is 23.4 Å². The van der Waals surface area contributed by atoms with Crippen LogP contribution in [0.3, 0.4) is 0 Å². The number of hydrogen-bond donors (Lipinski definition) is 1. The van der Waals surface area contributed by atoms with E-state index in [1.54, 1.807) is 48.7 Å². The quantitative estimate of drug-likeness (QED) is 0.269. The van der Waals surface area contributed by atoms with Gasteiger partial charge in [0.25, 0.3) is 5.91 Å². The minimum atomic E-state index is -0.798.